The first kappa shape index (κ1) is 15.0. The minimum absolute atomic E-state index is 0.0924. The zero-order valence-electron chi connectivity index (χ0n) is 10.7. The molecule has 6 heteroatoms. The van der Waals surface area contributed by atoms with Crippen LogP contribution in [0.1, 0.15) is 11.1 Å². The molecule has 0 bridgehead atoms. The Morgan fingerprint density at radius 1 is 1.15 bits per heavy atom. The Morgan fingerprint density at radius 2 is 1.75 bits per heavy atom. The van der Waals surface area contributed by atoms with Gasteiger partial charge in [0.15, 0.2) is 0 Å². The van der Waals surface area contributed by atoms with Crippen LogP contribution in [0.15, 0.2) is 30.3 Å². The van der Waals surface area contributed by atoms with E-state index in [4.69, 9.17) is 0 Å². The summed E-state index contributed by atoms with van der Waals surface area (Å²) >= 11 is 1.81. The van der Waals surface area contributed by atoms with E-state index in [0.29, 0.717) is 5.56 Å². The number of benzene rings is 1. The Bertz CT molecular complexity index is 490. The lowest BCUT2D eigenvalue weighted by Crippen LogP contribution is -2.36. The summed E-state index contributed by atoms with van der Waals surface area (Å²) < 4.78 is 37.2. The van der Waals surface area contributed by atoms with Gasteiger partial charge in [0.25, 0.3) is 0 Å². The number of halogens is 3. The van der Waals surface area contributed by atoms with Crippen molar-refractivity contribution in [2.24, 2.45) is 0 Å². The van der Waals surface area contributed by atoms with Gasteiger partial charge in [-0.05, 0) is 23.8 Å². The highest BCUT2D eigenvalue weighted by molar-refractivity contribution is 7.99. The number of hydrogen-bond acceptors (Lipinski definition) is 2. The molecule has 0 N–H and O–H groups in total. The fraction of sp³-hybridized carbons (Fsp3) is 0.357. The Kier molecular flexibility index (Phi) is 4.75. The van der Waals surface area contributed by atoms with Crippen molar-refractivity contribution in [2.45, 2.75) is 6.18 Å². The molecule has 0 aromatic heterocycles. The predicted octanol–water partition coefficient (Wildman–Crippen LogP) is 3.29. The normalized spacial score (nSPS) is 16.6. The summed E-state index contributed by atoms with van der Waals surface area (Å²) in [7, 11) is 0. The standard InChI is InChI=1S/C14H14F3NOS/c15-14(16,17)12-4-1-11(2-5-12)3-6-13(19)18-7-9-20-10-8-18/h1-6H,7-10H2. The molecule has 2 nitrogen and oxygen atoms in total. The SMILES string of the molecule is O=C(C=Cc1ccc(C(F)(F)F)cc1)N1CCSCC1. The van der Waals surface area contributed by atoms with Crippen molar-refractivity contribution in [3.05, 3.63) is 41.5 Å². The van der Waals surface area contributed by atoms with Crippen LogP contribution in [0, 0.1) is 0 Å². The Morgan fingerprint density at radius 3 is 2.30 bits per heavy atom. The second-order valence-corrected chi connectivity index (χ2v) is 5.62. The van der Waals surface area contributed by atoms with Crippen molar-refractivity contribution in [3.63, 3.8) is 0 Å². The molecule has 1 aromatic carbocycles. The van der Waals surface area contributed by atoms with E-state index in [9.17, 15) is 18.0 Å². The quantitative estimate of drug-likeness (QED) is 0.781. The van der Waals surface area contributed by atoms with Gasteiger partial charge in [-0.3, -0.25) is 4.79 Å². The van der Waals surface area contributed by atoms with Gasteiger partial charge in [0, 0.05) is 30.7 Å². The van der Waals surface area contributed by atoms with E-state index in [1.165, 1.54) is 18.2 Å². The number of rotatable bonds is 2. The van der Waals surface area contributed by atoms with Crippen LogP contribution in [-0.2, 0) is 11.0 Å². The molecule has 1 amide bonds. The van der Waals surface area contributed by atoms with Gasteiger partial charge in [-0.25, -0.2) is 0 Å². The molecule has 1 aliphatic heterocycles. The fourth-order valence-corrected chi connectivity index (χ4v) is 2.74. The molecule has 1 aliphatic rings. The zero-order chi connectivity index (χ0) is 14.6. The van der Waals surface area contributed by atoms with Crippen LogP contribution in [0.25, 0.3) is 6.08 Å². The van der Waals surface area contributed by atoms with Gasteiger partial charge in [0.2, 0.25) is 5.91 Å². The third kappa shape index (κ3) is 4.03. The second-order valence-electron chi connectivity index (χ2n) is 4.39. The highest BCUT2D eigenvalue weighted by atomic mass is 32.2. The monoisotopic (exact) mass is 301 g/mol. The summed E-state index contributed by atoms with van der Waals surface area (Å²) in [4.78, 5) is 13.6. The van der Waals surface area contributed by atoms with Crippen molar-refractivity contribution in [1.29, 1.82) is 0 Å². The molecule has 0 saturated carbocycles. The summed E-state index contributed by atoms with van der Waals surface area (Å²) in [5.41, 5.74) is -0.105. The second kappa shape index (κ2) is 6.35. The Labute approximate surface area is 119 Å². The van der Waals surface area contributed by atoms with Gasteiger partial charge in [-0.1, -0.05) is 12.1 Å². The fourth-order valence-electron chi connectivity index (χ4n) is 1.84. The minimum Gasteiger partial charge on any atom is -0.338 e. The van der Waals surface area contributed by atoms with E-state index in [1.54, 1.807) is 11.0 Å². The number of carbonyl (C=O) groups is 1. The van der Waals surface area contributed by atoms with Crippen molar-refractivity contribution >= 4 is 23.7 Å². The Balaban J connectivity index is 1.98. The number of alkyl halides is 3. The maximum Gasteiger partial charge on any atom is 0.416 e. The molecule has 20 heavy (non-hydrogen) atoms. The first-order valence-corrected chi connectivity index (χ1v) is 7.34. The summed E-state index contributed by atoms with van der Waals surface area (Å²) in [6.45, 7) is 1.45. The van der Waals surface area contributed by atoms with Crippen LogP contribution >= 0.6 is 11.8 Å². The van der Waals surface area contributed by atoms with Gasteiger partial charge in [-0.2, -0.15) is 24.9 Å². The molecule has 108 valence electrons. The highest BCUT2D eigenvalue weighted by Gasteiger charge is 2.29. The Hall–Kier alpha value is -1.43. The predicted molar refractivity (Wildman–Crippen MR) is 74.4 cm³/mol. The van der Waals surface area contributed by atoms with Crippen LogP contribution in [0.3, 0.4) is 0 Å². The smallest absolute Gasteiger partial charge is 0.338 e. The van der Waals surface area contributed by atoms with Gasteiger partial charge >= 0.3 is 6.18 Å². The number of carbonyl (C=O) groups excluding carboxylic acids is 1. The summed E-state index contributed by atoms with van der Waals surface area (Å²) in [5, 5.41) is 0. The highest BCUT2D eigenvalue weighted by Crippen LogP contribution is 2.29. The van der Waals surface area contributed by atoms with Crippen LogP contribution in [0.4, 0.5) is 13.2 Å². The average molecular weight is 301 g/mol. The van der Waals surface area contributed by atoms with Crippen LogP contribution < -0.4 is 0 Å². The molecular formula is C14H14F3NOS. The van der Waals surface area contributed by atoms with Gasteiger partial charge in [-0.15, -0.1) is 0 Å². The molecule has 0 aliphatic carbocycles. The molecule has 0 spiro atoms. The molecule has 1 saturated heterocycles. The van der Waals surface area contributed by atoms with Crippen LogP contribution in [-0.4, -0.2) is 35.4 Å². The van der Waals surface area contributed by atoms with Crippen molar-refractivity contribution in [1.82, 2.24) is 4.90 Å². The van der Waals surface area contributed by atoms with E-state index in [2.05, 4.69) is 0 Å². The largest absolute Gasteiger partial charge is 0.416 e. The van der Waals surface area contributed by atoms with Crippen molar-refractivity contribution in [2.75, 3.05) is 24.6 Å². The topological polar surface area (TPSA) is 20.3 Å². The first-order valence-electron chi connectivity index (χ1n) is 6.19. The van der Waals surface area contributed by atoms with Gasteiger partial charge in [0.1, 0.15) is 0 Å². The summed E-state index contributed by atoms with van der Waals surface area (Å²) in [6, 6.07) is 4.75. The lowest BCUT2D eigenvalue weighted by molar-refractivity contribution is -0.137. The van der Waals surface area contributed by atoms with E-state index >= 15 is 0 Å². The molecule has 0 unspecified atom stereocenters. The molecule has 2 rings (SSSR count). The van der Waals surface area contributed by atoms with E-state index in [1.807, 2.05) is 11.8 Å². The van der Waals surface area contributed by atoms with Crippen LogP contribution in [0.2, 0.25) is 0 Å². The zero-order valence-corrected chi connectivity index (χ0v) is 11.5. The third-order valence-corrected chi connectivity index (χ3v) is 3.92. The third-order valence-electron chi connectivity index (χ3n) is 2.98. The maximum atomic E-state index is 12.4. The van der Waals surface area contributed by atoms with Crippen molar-refractivity contribution < 1.29 is 18.0 Å². The van der Waals surface area contributed by atoms with E-state index in [-0.39, 0.29) is 5.91 Å². The lowest BCUT2D eigenvalue weighted by Gasteiger charge is -2.25. The summed E-state index contributed by atoms with van der Waals surface area (Å²) in [6.07, 6.45) is -1.37. The van der Waals surface area contributed by atoms with E-state index in [0.717, 1.165) is 36.7 Å². The molecule has 0 atom stereocenters. The number of hydrogen-bond donors (Lipinski definition) is 0. The van der Waals surface area contributed by atoms with Crippen LogP contribution in [0.5, 0.6) is 0 Å². The van der Waals surface area contributed by atoms with Gasteiger partial charge in [0.05, 0.1) is 5.56 Å². The van der Waals surface area contributed by atoms with E-state index < -0.39 is 11.7 Å². The molecule has 1 heterocycles. The minimum atomic E-state index is -4.33. The first-order chi connectivity index (χ1) is 9.47. The van der Waals surface area contributed by atoms with Gasteiger partial charge < -0.3 is 4.90 Å². The number of thioether (sulfide) groups is 1. The summed E-state index contributed by atoms with van der Waals surface area (Å²) in [5.74, 6) is 1.77. The number of nitrogens with zero attached hydrogens (tertiary/aromatic N) is 1. The average Bonchev–Trinajstić information content (AvgIpc) is 2.45. The lowest BCUT2D eigenvalue weighted by atomic mass is 10.1. The molecular weight excluding hydrogens is 287 g/mol. The molecule has 1 fully saturated rings. The molecule has 0 radical (unpaired) electrons. The van der Waals surface area contributed by atoms with Crippen molar-refractivity contribution in [3.8, 4) is 0 Å². The molecule has 1 aromatic rings. The number of amides is 1. The maximum absolute atomic E-state index is 12.4.